The largest absolute Gasteiger partial charge is 0.497 e. The zero-order chi connectivity index (χ0) is 13.5. The van der Waals surface area contributed by atoms with Gasteiger partial charge in [-0.2, -0.15) is 0 Å². The van der Waals surface area contributed by atoms with E-state index >= 15 is 0 Å². The smallest absolute Gasteiger partial charge is 0.303 e. The van der Waals surface area contributed by atoms with Crippen molar-refractivity contribution in [2.24, 2.45) is 5.92 Å². The minimum Gasteiger partial charge on any atom is -0.497 e. The fourth-order valence-electron chi connectivity index (χ4n) is 1.57. The van der Waals surface area contributed by atoms with Gasteiger partial charge in [0.1, 0.15) is 5.75 Å². The van der Waals surface area contributed by atoms with Gasteiger partial charge in [0, 0.05) is 18.5 Å². The number of carbonyl (C=O) groups is 2. The number of benzene rings is 1. The molecule has 0 aliphatic heterocycles. The molecule has 0 bridgehead atoms. The number of carboxylic acids is 1. The van der Waals surface area contributed by atoms with Crippen molar-refractivity contribution >= 4 is 17.6 Å². The lowest BCUT2D eigenvalue weighted by Crippen LogP contribution is -2.16. The number of ether oxygens (including phenoxy) is 1. The van der Waals surface area contributed by atoms with Gasteiger partial charge in [0.2, 0.25) is 5.91 Å². The maximum atomic E-state index is 11.6. The average molecular weight is 251 g/mol. The third-order valence-electron chi connectivity index (χ3n) is 2.43. The lowest BCUT2D eigenvalue weighted by molar-refractivity contribution is -0.138. The van der Waals surface area contributed by atoms with Crippen molar-refractivity contribution in [2.45, 2.75) is 19.8 Å². The molecule has 0 radical (unpaired) electrons. The van der Waals surface area contributed by atoms with E-state index in [1.807, 2.05) is 0 Å². The topological polar surface area (TPSA) is 75.6 Å². The second kappa shape index (κ2) is 6.64. The Morgan fingerprint density at radius 1 is 1.28 bits per heavy atom. The first kappa shape index (κ1) is 14.0. The first-order valence-electron chi connectivity index (χ1n) is 5.67. The van der Waals surface area contributed by atoms with Crippen LogP contribution in [0.3, 0.4) is 0 Å². The van der Waals surface area contributed by atoms with Gasteiger partial charge in [0.05, 0.1) is 7.11 Å². The van der Waals surface area contributed by atoms with Crippen LogP contribution in [0.4, 0.5) is 5.69 Å². The molecular formula is C13H17NO4. The Labute approximate surface area is 106 Å². The molecule has 1 rings (SSSR count). The molecule has 18 heavy (non-hydrogen) atoms. The molecule has 1 aromatic carbocycles. The number of anilines is 1. The summed E-state index contributed by atoms with van der Waals surface area (Å²) >= 11 is 0. The van der Waals surface area contributed by atoms with Crippen molar-refractivity contribution in [1.29, 1.82) is 0 Å². The summed E-state index contributed by atoms with van der Waals surface area (Å²) in [6.07, 6.45) is 0.189. The van der Waals surface area contributed by atoms with E-state index in [9.17, 15) is 9.59 Å². The summed E-state index contributed by atoms with van der Waals surface area (Å²) in [7, 11) is 1.57. The highest BCUT2D eigenvalue weighted by Gasteiger charge is 2.12. The summed E-state index contributed by atoms with van der Waals surface area (Å²) in [5.41, 5.74) is 0.670. The van der Waals surface area contributed by atoms with Gasteiger partial charge in [0.25, 0.3) is 0 Å². The van der Waals surface area contributed by atoms with Crippen LogP contribution in [-0.4, -0.2) is 24.1 Å². The first-order chi connectivity index (χ1) is 8.51. The average Bonchev–Trinajstić information content (AvgIpc) is 2.28. The highest BCUT2D eigenvalue weighted by molar-refractivity contribution is 5.91. The second-order valence-electron chi connectivity index (χ2n) is 4.18. The van der Waals surface area contributed by atoms with Gasteiger partial charge < -0.3 is 15.2 Å². The normalized spacial score (nSPS) is 11.7. The molecule has 0 aliphatic carbocycles. The number of aliphatic carboxylic acids is 1. The van der Waals surface area contributed by atoms with Gasteiger partial charge in [-0.05, 0) is 30.2 Å². The third kappa shape index (κ3) is 4.86. The number of amides is 1. The maximum absolute atomic E-state index is 11.6. The Balaban J connectivity index is 2.46. The standard InChI is InChI=1S/C13H17NO4/c1-9(8-13(16)17)7-12(15)14-10-3-5-11(18-2)6-4-10/h3-6,9H,7-8H2,1-2H3,(H,14,15)(H,16,17). The number of carbonyl (C=O) groups excluding carboxylic acids is 1. The quantitative estimate of drug-likeness (QED) is 0.812. The molecule has 0 aliphatic rings. The minimum atomic E-state index is -0.889. The summed E-state index contributed by atoms with van der Waals surface area (Å²) < 4.78 is 5.00. The van der Waals surface area contributed by atoms with Crippen LogP contribution in [0, 0.1) is 5.92 Å². The molecule has 2 N–H and O–H groups in total. The van der Waals surface area contributed by atoms with Crippen molar-refractivity contribution < 1.29 is 19.4 Å². The Hall–Kier alpha value is -2.04. The fraction of sp³-hybridized carbons (Fsp3) is 0.385. The number of hydrogen-bond donors (Lipinski definition) is 2. The zero-order valence-electron chi connectivity index (χ0n) is 10.5. The van der Waals surface area contributed by atoms with E-state index in [1.165, 1.54) is 0 Å². The van der Waals surface area contributed by atoms with E-state index in [2.05, 4.69) is 5.32 Å². The van der Waals surface area contributed by atoms with Gasteiger partial charge in [-0.3, -0.25) is 9.59 Å². The molecule has 0 spiro atoms. The molecule has 0 saturated carbocycles. The van der Waals surface area contributed by atoms with E-state index in [-0.39, 0.29) is 24.7 Å². The molecule has 0 aromatic heterocycles. The minimum absolute atomic E-state index is 0.00394. The fourth-order valence-corrected chi connectivity index (χ4v) is 1.57. The second-order valence-corrected chi connectivity index (χ2v) is 4.18. The van der Waals surface area contributed by atoms with Crippen LogP contribution in [0.1, 0.15) is 19.8 Å². The lowest BCUT2D eigenvalue weighted by Gasteiger charge is -2.09. The molecule has 1 aromatic rings. The Morgan fingerprint density at radius 2 is 1.89 bits per heavy atom. The van der Waals surface area contributed by atoms with Crippen molar-refractivity contribution in [2.75, 3.05) is 12.4 Å². The summed E-state index contributed by atoms with van der Waals surface area (Å²) in [5, 5.41) is 11.3. The van der Waals surface area contributed by atoms with Crippen LogP contribution in [0.25, 0.3) is 0 Å². The van der Waals surface area contributed by atoms with Gasteiger partial charge in [0.15, 0.2) is 0 Å². The molecule has 5 nitrogen and oxygen atoms in total. The van der Waals surface area contributed by atoms with E-state index in [0.29, 0.717) is 11.4 Å². The maximum Gasteiger partial charge on any atom is 0.303 e. The number of methoxy groups -OCH3 is 1. The Morgan fingerprint density at radius 3 is 2.39 bits per heavy atom. The predicted octanol–water partition coefficient (Wildman–Crippen LogP) is 2.13. The number of nitrogens with one attached hydrogen (secondary N) is 1. The Bertz CT molecular complexity index is 414. The lowest BCUT2D eigenvalue weighted by atomic mass is 10.0. The molecule has 0 saturated heterocycles. The van der Waals surface area contributed by atoms with Crippen LogP contribution in [0.2, 0.25) is 0 Å². The van der Waals surface area contributed by atoms with E-state index < -0.39 is 5.97 Å². The molecule has 1 atom stereocenters. The third-order valence-corrected chi connectivity index (χ3v) is 2.43. The van der Waals surface area contributed by atoms with Crippen molar-refractivity contribution in [3.05, 3.63) is 24.3 Å². The molecular weight excluding hydrogens is 234 g/mol. The van der Waals surface area contributed by atoms with Crippen LogP contribution >= 0.6 is 0 Å². The van der Waals surface area contributed by atoms with E-state index in [1.54, 1.807) is 38.3 Å². The molecule has 98 valence electrons. The van der Waals surface area contributed by atoms with E-state index in [4.69, 9.17) is 9.84 Å². The molecule has 5 heteroatoms. The zero-order valence-corrected chi connectivity index (χ0v) is 10.5. The molecule has 0 fully saturated rings. The monoisotopic (exact) mass is 251 g/mol. The number of rotatable bonds is 6. The van der Waals surface area contributed by atoms with Crippen molar-refractivity contribution in [3.8, 4) is 5.75 Å². The Kier molecular flexibility index (Phi) is 5.17. The van der Waals surface area contributed by atoms with Crippen molar-refractivity contribution in [1.82, 2.24) is 0 Å². The molecule has 0 heterocycles. The number of hydrogen-bond acceptors (Lipinski definition) is 3. The highest BCUT2D eigenvalue weighted by Crippen LogP contribution is 2.16. The van der Waals surface area contributed by atoms with Crippen molar-refractivity contribution in [3.63, 3.8) is 0 Å². The van der Waals surface area contributed by atoms with Gasteiger partial charge in [-0.15, -0.1) is 0 Å². The predicted molar refractivity (Wildman–Crippen MR) is 67.7 cm³/mol. The SMILES string of the molecule is COc1ccc(NC(=O)CC(C)CC(=O)O)cc1. The van der Waals surface area contributed by atoms with E-state index in [0.717, 1.165) is 0 Å². The van der Waals surface area contributed by atoms with Crippen LogP contribution in [0.5, 0.6) is 5.75 Å². The highest BCUT2D eigenvalue weighted by atomic mass is 16.5. The van der Waals surface area contributed by atoms with Crippen LogP contribution < -0.4 is 10.1 Å². The first-order valence-corrected chi connectivity index (χ1v) is 5.67. The number of carboxylic acid groups (broad SMARTS) is 1. The summed E-state index contributed by atoms with van der Waals surface area (Å²) in [6, 6.07) is 6.96. The van der Waals surface area contributed by atoms with Gasteiger partial charge in [-0.25, -0.2) is 0 Å². The van der Waals surface area contributed by atoms with Gasteiger partial charge in [-0.1, -0.05) is 6.92 Å². The summed E-state index contributed by atoms with van der Waals surface area (Å²) in [5.74, 6) is -0.540. The van der Waals surface area contributed by atoms with Gasteiger partial charge >= 0.3 is 5.97 Å². The molecule has 1 unspecified atom stereocenters. The summed E-state index contributed by atoms with van der Waals surface area (Å²) in [6.45, 7) is 1.74. The molecule has 1 amide bonds. The van der Waals surface area contributed by atoms with Crippen LogP contribution in [-0.2, 0) is 9.59 Å². The van der Waals surface area contributed by atoms with Crippen LogP contribution in [0.15, 0.2) is 24.3 Å². The summed E-state index contributed by atoms with van der Waals surface area (Å²) in [4.78, 5) is 22.1.